The maximum absolute atomic E-state index is 12.5. The van der Waals surface area contributed by atoms with Gasteiger partial charge in [0.2, 0.25) is 17.7 Å². The maximum Gasteiger partial charge on any atom is 0.326 e. The molecule has 0 aromatic rings. The van der Waals surface area contributed by atoms with E-state index >= 15 is 0 Å². The molecule has 14 nitrogen and oxygen atoms in total. The van der Waals surface area contributed by atoms with E-state index in [1.54, 1.807) is 0 Å². The Bertz CT molecular complexity index is 677. The fraction of sp³-hybridized carbons (Fsp3) is 0.625. The molecule has 170 valence electrons. The van der Waals surface area contributed by atoms with Crippen LogP contribution in [0.25, 0.3) is 0 Å². The van der Waals surface area contributed by atoms with Crippen LogP contribution in [0.15, 0.2) is 4.99 Å². The van der Waals surface area contributed by atoms with Gasteiger partial charge in [0.05, 0.1) is 12.5 Å². The van der Waals surface area contributed by atoms with Crippen LogP contribution in [0.3, 0.4) is 0 Å². The highest BCUT2D eigenvalue weighted by Gasteiger charge is 2.29. The van der Waals surface area contributed by atoms with Gasteiger partial charge in [-0.1, -0.05) is 0 Å². The molecule has 3 amide bonds. The molecular weight excluding hydrogens is 402 g/mol. The quantitative estimate of drug-likeness (QED) is 0.0808. The van der Waals surface area contributed by atoms with Crippen molar-refractivity contribution in [3.05, 3.63) is 0 Å². The largest absolute Gasteiger partial charge is 0.481 e. The number of rotatable bonds is 13. The molecule has 0 spiro atoms. The van der Waals surface area contributed by atoms with Gasteiger partial charge in [0.25, 0.3) is 0 Å². The highest BCUT2D eigenvalue weighted by atomic mass is 16.4. The average molecular weight is 431 g/mol. The number of aliphatic imine (C=N–C) groups is 1. The molecule has 0 rings (SSSR count). The maximum atomic E-state index is 12.5. The lowest BCUT2D eigenvalue weighted by Gasteiger charge is -2.23. The van der Waals surface area contributed by atoms with Crippen molar-refractivity contribution in [3.8, 4) is 0 Å². The Kier molecular flexibility index (Phi) is 11.5. The number of carbonyl (C=O) groups excluding carboxylic acids is 3. The predicted molar refractivity (Wildman–Crippen MR) is 105 cm³/mol. The SMILES string of the molecule is CC(N)C(=O)NC(C)C(=O)NC(CCCN=C(N)N)C(=O)NC(CC(=O)O)C(=O)O. The number of carboxylic acid groups (broad SMARTS) is 2. The van der Waals surface area contributed by atoms with Crippen molar-refractivity contribution in [2.45, 2.75) is 57.3 Å². The van der Waals surface area contributed by atoms with E-state index in [1.807, 2.05) is 0 Å². The Morgan fingerprint density at radius 3 is 1.93 bits per heavy atom. The first kappa shape index (κ1) is 26.6. The number of hydrogen-bond acceptors (Lipinski definition) is 7. The Balaban J connectivity index is 5.23. The third-order valence-electron chi connectivity index (χ3n) is 3.74. The van der Waals surface area contributed by atoms with Gasteiger partial charge in [0.1, 0.15) is 18.1 Å². The first-order valence-corrected chi connectivity index (χ1v) is 9.01. The molecule has 0 aliphatic rings. The van der Waals surface area contributed by atoms with E-state index in [0.29, 0.717) is 0 Å². The van der Waals surface area contributed by atoms with Gasteiger partial charge in [-0.25, -0.2) is 4.79 Å². The molecule has 14 heteroatoms. The lowest BCUT2D eigenvalue weighted by Crippen LogP contribution is -2.56. The fourth-order valence-electron chi connectivity index (χ4n) is 2.13. The molecule has 4 unspecified atom stereocenters. The average Bonchev–Trinajstić information content (AvgIpc) is 2.62. The zero-order valence-corrected chi connectivity index (χ0v) is 16.8. The van der Waals surface area contributed by atoms with E-state index in [1.165, 1.54) is 13.8 Å². The summed E-state index contributed by atoms with van der Waals surface area (Å²) in [6, 6.07) is -4.81. The third-order valence-corrected chi connectivity index (χ3v) is 3.74. The molecular formula is C16H29N7O7. The summed E-state index contributed by atoms with van der Waals surface area (Å²) < 4.78 is 0. The first-order chi connectivity index (χ1) is 13.8. The second kappa shape index (κ2) is 12.9. The van der Waals surface area contributed by atoms with Crippen LogP contribution >= 0.6 is 0 Å². The molecule has 0 heterocycles. The molecule has 0 aromatic heterocycles. The number of amides is 3. The summed E-state index contributed by atoms with van der Waals surface area (Å²) in [5, 5.41) is 24.7. The van der Waals surface area contributed by atoms with Gasteiger partial charge in [0.15, 0.2) is 5.96 Å². The van der Waals surface area contributed by atoms with Crippen LogP contribution in [0.2, 0.25) is 0 Å². The topological polar surface area (TPSA) is 252 Å². The van der Waals surface area contributed by atoms with Gasteiger partial charge in [-0.3, -0.25) is 24.2 Å². The predicted octanol–water partition coefficient (Wildman–Crippen LogP) is -3.58. The third kappa shape index (κ3) is 10.8. The highest BCUT2D eigenvalue weighted by molar-refractivity contribution is 5.94. The second-order valence-corrected chi connectivity index (χ2v) is 6.53. The minimum absolute atomic E-state index is 0.0156. The molecule has 0 saturated carbocycles. The van der Waals surface area contributed by atoms with Gasteiger partial charge < -0.3 is 43.4 Å². The minimum Gasteiger partial charge on any atom is -0.481 e. The van der Waals surface area contributed by atoms with Crippen molar-refractivity contribution < 1.29 is 34.2 Å². The standard InChI is InChI=1S/C16H29N7O7/c1-7(17)12(26)21-8(2)13(27)22-9(4-3-5-20-16(18)19)14(28)23-10(15(29)30)6-11(24)25/h7-10H,3-6,17H2,1-2H3,(H,21,26)(H,22,27)(H,23,28)(H,24,25)(H,29,30)(H4,18,19,20). The van der Waals surface area contributed by atoms with Gasteiger partial charge in [-0.05, 0) is 26.7 Å². The Morgan fingerprint density at radius 2 is 1.47 bits per heavy atom. The van der Waals surface area contributed by atoms with Crippen LogP contribution in [-0.4, -0.2) is 76.5 Å². The zero-order chi connectivity index (χ0) is 23.4. The van der Waals surface area contributed by atoms with E-state index in [2.05, 4.69) is 20.9 Å². The zero-order valence-electron chi connectivity index (χ0n) is 16.8. The van der Waals surface area contributed by atoms with E-state index in [4.69, 9.17) is 27.4 Å². The van der Waals surface area contributed by atoms with Crippen LogP contribution in [-0.2, 0) is 24.0 Å². The van der Waals surface area contributed by atoms with Crippen LogP contribution in [0.5, 0.6) is 0 Å². The highest BCUT2D eigenvalue weighted by Crippen LogP contribution is 2.02. The van der Waals surface area contributed by atoms with Crippen LogP contribution in [0, 0.1) is 0 Å². The lowest BCUT2D eigenvalue weighted by molar-refractivity contribution is -0.147. The molecule has 0 bridgehead atoms. The van der Waals surface area contributed by atoms with Crippen molar-refractivity contribution in [3.63, 3.8) is 0 Å². The van der Waals surface area contributed by atoms with E-state index < -0.39 is 60.2 Å². The van der Waals surface area contributed by atoms with Crippen molar-refractivity contribution in [1.82, 2.24) is 16.0 Å². The van der Waals surface area contributed by atoms with E-state index in [0.717, 1.165) is 0 Å². The summed E-state index contributed by atoms with van der Waals surface area (Å²) in [4.78, 5) is 62.1. The van der Waals surface area contributed by atoms with Crippen molar-refractivity contribution in [1.29, 1.82) is 0 Å². The molecule has 30 heavy (non-hydrogen) atoms. The number of nitrogens with zero attached hydrogens (tertiary/aromatic N) is 1. The lowest BCUT2D eigenvalue weighted by atomic mass is 10.1. The molecule has 0 aliphatic heterocycles. The van der Waals surface area contributed by atoms with Gasteiger partial charge in [-0.15, -0.1) is 0 Å². The van der Waals surface area contributed by atoms with Crippen molar-refractivity contribution >= 4 is 35.6 Å². The summed E-state index contributed by atoms with van der Waals surface area (Å²) in [5.74, 6) is -5.36. The van der Waals surface area contributed by atoms with Crippen LogP contribution in [0.4, 0.5) is 0 Å². The summed E-state index contributed by atoms with van der Waals surface area (Å²) >= 11 is 0. The van der Waals surface area contributed by atoms with E-state index in [-0.39, 0.29) is 25.3 Å². The smallest absolute Gasteiger partial charge is 0.326 e. The fourth-order valence-corrected chi connectivity index (χ4v) is 2.13. The monoisotopic (exact) mass is 431 g/mol. The van der Waals surface area contributed by atoms with Gasteiger partial charge >= 0.3 is 11.9 Å². The summed E-state index contributed by atoms with van der Waals surface area (Å²) in [5.41, 5.74) is 15.8. The molecule has 0 fully saturated rings. The number of aliphatic carboxylic acids is 2. The summed E-state index contributed by atoms with van der Waals surface area (Å²) in [7, 11) is 0. The number of nitrogens with two attached hydrogens (primary N) is 3. The number of hydrogen-bond donors (Lipinski definition) is 8. The van der Waals surface area contributed by atoms with Crippen molar-refractivity contribution in [2.75, 3.05) is 6.54 Å². The Labute approximate surface area is 172 Å². The Morgan fingerprint density at radius 1 is 0.900 bits per heavy atom. The number of carboxylic acids is 2. The molecule has 0 radical (unpaired) electrons. The molecule has 0 aromatic carbocycles. The van der Waals surface area contributed by atoms with Crippen LogP contribution in [0.1, 0.15) is 33.1 Å². The molecule has 0 saturated heterocycles. The number of carbonyl (C=O) groups is 5. The van der Waals surface area contributed by atoms with E-state index in [9.17, 15) is 24.0 Å². The summed E-state index contributed by atoms with van der Waals surface area (Å²) in [6.07, 6.45) is -0.591. The van der Waals surface area contributed by atoms with Crippen LogP contribution < -0.4 is 33.2 Å². The van der Waals surface area contributed by atoms with Gasteiger partial charge in [0, 0.05) is 6.54 Å². The molecule has 11 N–H and O–H groups in total. The summed E-state index contributed by atoms with van der Waals surface area (Å²) in [6.45, 7) is 2.93. The van der Waals surface area contributed by atoms with Crippen molar-refractivity contribution in [2.24, 2.45) is 22.2 Å². The normalized spacial score (nSPS) is 14.4. The molecule has 4 atom stereocenters. The Hall–Kier alpha value is -3.42. The number of nitrogens with one attached hydrogen (secondary N) is 3. The first-order valence-electron chi connectivity index (χ1n) is 9.01. The van der Waals surface area contributed by atoms with Gasteiger partial charge in [-0.2, -0.15) is 0 Å². The molecule has 0 aliphatic carbocycles. The number of guanidine groups is 1. The minimum atomic E-state index is -1.69. The second-order valence-electron chi connectivity index (χ2n) is 6.53.